The van der Waals surface area contributed by atoms with Gasteiger partial charge in [-0.05, 0) is 24.4 Å². The number of nitriles is 1. The number of fused-ring (bicyclic) bond motifs is 1. The van der Waals surface area contributed by atoms with Gasteiger partial charge in [-0.2, -0.15) is 5.26 Å². The van der Waals surface area contributed by atoms with Gasteiger partial charge in [-0.25, -0.2) is 0 Å². The summed E-state index contributed by atoms with van der Waals surface area (Å²) in [4.78, 5) is 24.4. The predicted molar refractivity (Wildman–Crippen MR) is 82.2 cm³/mol. The minimum Gasteiger partial charge on any atom is -0.381 e. The van der Waals surface area contributed by atoms with Crippen LogP contribution in [0.5, 0.6) is 0 Å². The number of rotatable bonds is 5. The fraction of sp³-hybridized carbons (Fsp3) is 0.312. The van der Waals surface area contributed by atoms with Gasteiger partial charge in [0.1, 0.15) is 12.1 Å². The number of hydrogen-bond acceptors (Lipinski definition) is 4. The van der Waals surface area contributed by atoms with Crippen molar-refractivity contribution < 1.29 is 9.53 Å². The van der Waals surface area contributed by atoms with Crippen LogP contribution in [0.1, 0.15) is 6.92 Å². The van der Waals surface area contributed by atoms with E-state index in [0.29, 0.717) is 5.39 Å². The lowest BCUT2D eigenvalue weighted by Crippen LogP contribution is -2.49. The molecule has 1 aromatic carbocycles. The molecule has 6 nitrogen and oxygen atoms in total. The highest BCUT2D eigenvalue weighted by Gasteiger charge is 2.26. The molecule has 1 aromatic heterocycles. The summed E-state index contributed by atoms with van der Waals surface area (Å²) in [7, 11) is 1.45. The third-order valence-corrected chi connectivity index (χ3v) is 3.30. The van der Waals surface area contributed by atoms with Gasteiger partial charge in [0.05, 0.1) is 12.7 Å². The van der Waals surface area contributed by atoms with Gasteiger partial charge in [0, 0.05) is 18.7 Å². The van der Waals surface area contributed by atoms with E-state index in [2.05, 4.69) is 5.32 Å². The van der Waals surface area contributed by atoms with Gasteiger partial charge < -0.3 is 14.6 Å². The quantitative estimate of drug-likeness (QED) is 0.894. The molecule has 0 aliphatic rings. The Kier molecular flexibility index (Phi) is 4.59. The smallest absolute Gasteiger partial charge is 0.258 e. The topological polar surface area (TPSA) is 84.1 Å². The van der Waals surface area contributed by atoms with E-state index >= 15 is 0 Å². The molecular formula is C16H17N3O3. The Morgan fingerprint density at radius 2 is 2.14 bits per heavy atom. The van der Waals surface area contributed by atoms with Crippen LogP contribution in [0, 0.1) is 11.3 Å². The van der Waals surface area contributed by atoms with E-state index in [1.54, 1.807) is 31.3 Å². The molecule has 114 valence electrons. The van der Waals surface area contributed by atoms with Crippen LogP contribution < -0.4 is 10.9 Å². The average molecular weight is 299 g/mol. The maximum Gasteiger partial charge on any atom is 0.258 e. The van der Waals surface area contributed by atoms with Crippen molar-refractivity contribution in [3.8, 4) is 6.07 Å². The first-order valence-corrected chi connectivity index (χ1v) is 6.78. The third-order valence-electron chi connectivity index (χ3n) is 3.30. The molecule has 22 heavy (non-hydrogen) atoms. The summed E-state index contributed by atoms with van der Waals surface area (Å²) in [6, 6.07) is 11.0. The normalized spacial score (nSPS) is 13.3. The summed E-state index contributed by atoms with van der Waals surface area (Å²) in [6.45, 7) is 1.49. The Hall–Kier alpha value is -2.65. The van der Waals surface area contributed by atoms with Crippen molar-refractivity contribution >= 4 is 16.7 Å². The molecule has 0 spiro atoms. The molecule has 0 bridgehead atoms. The van der Waals surface area contributed by atoms with Gasteiger partial charge in [-0.1, -0.05) is 18.2 Å². The van der Waals surface area contributed by atoms with Gasteiger partial charge in [0.2, 0.25) is 5.91 Å². The second-order valence-corrected chi connectivity index (χ2v) is 5.26. The Bertz CT molecular complexity index is 791. The molecule has 0 saturated carbocycles. The minimum atomic E-state index is -1.12. The lowest BCUT2D eigenvalue weighted by molar-refractivity contribution is -0.123. The number of nitrogens with one attached hydrogen (secondary N) is 1. The van der Waals surface area contributed by atoms with Crippen LogP contribution in [0.4, 0.5) is 0 Å². The summed E-state index contributed by atoms with van der Waals surface area (Å²) in [6.07, 6.45) is 1.57. The highest BCUT2D eigenvalue weighted by atomic mass is 16.5. The Morgan fingerprint density at radius 3 is 2.82 bits per heavy atom. The van der Waals surface area contributed by atoms with Crippen molar-refractivity contribution in [3.63, 3.8) is 0 Å². The maximum absolute atomic E-state index is 12.3. The molecule has 0 saturated heterocycles. The van der Waals surface area contributed by atoms with Crippen LogP contribution in [-0.2, 0) is 16.1 Å². The Morgan fingerprint density at radius 1 is 1.41 bits per heavy atom. The molecule has 0 aliphatic carbocycles. The van der Waals surface area contributed by atoms with Gasteiger partial charge in [-0.3, -0.25) is 9.59 Å². The molecule has 0 radical (unpaired) electrons. The van der Waals surface area contributed by atoms with Crippen molar-refractivity contribution in [2.24, 2.45) is 0 Å². The summed E-state index contributed by atoms with van der Waals surface area (Å²) in [5, 5.41) is 13.1. The zero-order valence-electron chi connectivity index (χ0n) is 12.5. The highest BCUT2D eigenvalue weighted by Crippen LogP contribution is 2.08. The van der Waals surface area contributed by atoms with E-state index in [9.17, 15) is 9.59 Å². The van der Waals surface area contributed by atoms with Gasteiger partial charge in [0.25, 0.3) is 5.56 Å². The number of benzene rings is 1. The van der Waals surface area contributed by atoms with Crippen LogP contribution in [-0.4, -0.2) is 29.7 Å². The number of pyridine rings is 1. The average Bonchev–Trinajstić information content (AvgIpc) is 2.50. The van der Waals surface area contributed by atoms with Crippen molar-refractivity contribution in [2.75, 3.05) is 13.7 Å². The number of carbonyl (C=O) groups is 1. The van der Waals surface area contributed by atoms with E-state index in [-0.39, 0.29) is 18.7 Å². The number of aromatic nitrogens is 1. The molecule has 1 atom stereocenters. The lowest BCUT2D eigenvalue weighted by Gasteiger charge is -2.22. The fourth-order valence-electron chi connectivity index (χ4n) is 2.24. The van der Waals surface area contributed by atoms with Crippen molar-refractivity contribution in [3.05, 3.63) is 46.9 Å². The van der Waals surface area contributed by atoms with Crippen molar-refractivity contribution in [1.29, 1.82) is 5.26 Å². The Labute approximate surface area is 127 Å². The zero-order chi connectivity index (χ0) is 16.2. The van der Waals surface area contributed by atoms with Crippen molar-refractivity contribution in [1.82, 2.24) is 9.88 Å². The Balaban J connectivity index is 2.21. The first kappa shape index (κ1) is 15.7. The monoisotopic (exact) mass is 299 g/mol. The molecule has 2 aromatic rings. The number of hydrogen-bond donors (Lipinski definition) is 1. The predicted octanol–water partition coefficient (Wildman–Crippen LogP) is 1.05. The van der Waals surface area contributed by atoms with Crippen LogP contribution in [0.25, 0.3) is 10.8 Å². The minimum absolute atomic E-state index is 0.0713. The lowest BCUT2D eigenvalue weighted by atomic mass is 10.1. The van der Waals surface area contributed by atoms with Crippen LogP contribution in [0.2, 0.25) is 0 Å². The number of ether oxygens (including phenoxy) is 1. The standard InChI is InChI=1S/C16H17N3O3/c1-16(10-17,11-22-2)18-14(20)9-19-8-7-12-5-3-4-6-13(12)15(19)21/h3-8H,9,11H2,1-2H3,(H,18,20). The van der Waals surface area contributed by atoms with Gasteiger partial charge in [-0.15, -0.1) is 0 Å². The fourth-order valence-corrected chi connectivity index (χ4v) is 2.24. The van der Waals surface area contributed by atoms with Gasteiger partial charge >= 0.3 is 0 Å². The molecular weight excluding hydrogens is 282 g/mol. The zero-order valence-corrected chi connectivity index (χ0v) is 12.5. The number of carbonyl (C=O) groups excluding carboxylic acids is 1. The van der Waals surface area contributed by atoms with Gasteiger partial charge in [0.15, 0.2) is 0 Å². The second-order valence-electron chi connectivity index (χ2n) is 5.26. The second kappa shape index (κ2) is 6.41. The number of amides is 1. The molecule has 1 heterocycles. The first-order chi connectivity index (χ1) is 10.5. The number of methoxy groups -OCH3 is 1. The van der Waals surface area contributed by atoms with E-state index in [1.807, 2.05) is 18.2 Å². The molecule has 1 unspecified atom stereocenters. The van der Waals surface area contributed by atoms with Crippen molar-refractivity contribution in [2.45, 2.75) is 19.0 Å². The van der Waals surface area contributed by atoms with E-state index in [0.717, 1.165) is 5.39 Å². The highest BCUT2D eigenvalue weighted by molar-refractivity contribution is 5.82. The summed E-state index contributed by atoms with van der Waals surface area (Å²) in [5.41, 5.74) is -1.36. The summed E-state index contributed by atoms with van der Waals surface area (Å²) in [5.74, 6) is -0.418. The SMILES string of the molecule is COCC(C)(C#N)NC(=O)Cn1ccc2ccccc2c1=O. The summed E-state index contributed by atoms with van der Waals surface area (Å²) < 4.78 is 6.25. The summed E-state index contributed by atoms with van der Waals surface area (Å²) >= 11 is 0. The molecule has 6 heteroatoms. The molecule has 2 rings (SSSR count). The third kappa shape index (κ3) is 3.32. The molecule has 1 N–H and O–H groups in total. The maximum atomic E-state index is 12.3. The van der Waals surface area contributed by atoms with E-state index < -0.39 is 11.4 Å². The molecule has 0 aliphatic heterocycles. The molecule has 1 amide bonds. The number of nitrogens with zero attached hydrogens (tertiary/aromatic N) is 2. The van der Waals surface area contributed by atoms with Crippen LogP contribution >= 0.6 is 0 Å². The molecule has 0 fully saturated rings. The van der Waals surface area contributed by atoms with E-state index in [4.69, 9.17) is 10.00 Å². The largest absolute Gasteiger partial charge is 0.381 e. The van der Waals surface area contributed by atoms with Crippen LogP contribution in [0.15, 0.2) is 41.3 Å². The van der Waals surface area contributed by atoms with E-state index in [1.165, 1.54) is 11.7 Å². The first-order valence-electron chi connectivity index (χ1n) is 6.78. The van der Waals surface area contributed by atoms with Crippen LogP contribution in [0.3, 0.4) is 0 Å².